The van der Waals surface area contributed by atoms with E-state index in [9.17, 15) is 9.59 Å². The molecule has 0 unspecified atom stereocenters. The Morgan fingerprint density at radius 3 is 2.05 bits per heavy atom. The molecule has 1 rings (SSSR count). The molecule has 0 atom stereocenters. The molecule has 2 N–H and O–H groups in total. The van der Waals surface area contributed by atoms with Gasteiger partial charge in [-0.25, -0.2) is 9.36 Å². The van der Waals surface area contributed by atoms with Crippen LogP contribution in [0.5, 0.6) is 0 Å². The summed E-state index contributed by atoms with van der Waals surface area (Å²) < 4.78 is 2.61. The van der Waals surface area contributed by atoms with E-state index in [-0.39, 0.29) is 11.1 Å². The number of hydrogen-bond donors (Lipinski definition) is 2. The molecule has 0 aliphatic rings. The van der Waals surface area contributed by atoms with E-state index < -0.39 is 0 Å². The highest BCUT2D eigenvalue weighted by molar-refractivity contribution is 5.66. The van der Waals surface area contributed by atoms with Crippen LogP contribution in [0.2, 0.25) is 0 Å². The van der Waals surface area contributed by atoms with Gasteiger partial charge in [-0.3, -0.25) is 9.59 Å². The summed E-state index contributed by atoms with van der Waals surface area (Å²) in [5, 5.41) is 5.90. The summed E-state index contributed by atoms with van der Waals surface area (Å²) in [6, 6.07) is 0. The van der Waals surface area contributed by atoms with Crippen molar-refractivity contribution in [3.63, 3.8) is 0 Å². The third-order valence-electron chi connectivity index (χ3n) is 3.23. The Morgan fingerprint density at radius 2 is 1.58 bits per heavy atom. The molecule has 1 aromatic rings. The Morgan fingerprint density at radius 1 is 1.05 bits per heavy atom. The van der Waals surface area contributed by atoms with Gasteiger partial charge in [-0.15, -0.1) is 0 Å². The number of anilines is 2. The zero-order valence-electron chi connectivity index (χ0n) is 12.4. The Kier molecular flexibility index (Phi) is 5.20. The van der Waals surface area contributed by atoms with Crippen molar-refractivity contribution in [3.05, 3.63) is 20.7 Å². The topological polar surface area (TPSA) is 68.1 Å². The van der Waals surface area contributed by atoms with Crippen molar-refractivity contribution >= 4 is 11.4 Å². The molecule has 108 valence electrons. The fourth-order valence-electron chi connectivity index (χ4n) is 1.93. The molecule has 1 heterocycles. The summed E-state index contributed by atoms with van der Waals surface area (Å²) in [5.74, 6) is 0.636. The summed E-state index contributed by atoms with van der Waals surface area (Å²) >= 11 is 0. The first-order valence-electron chi connectivity index (χ1n) is 6.62. The molecule has 0 aliphatic carbocycles. The van der Waals surface area contributed by atoms with Crippen molar-refractivity contribution in [2.45, 2.75) is 26.7 Å². The van der Waals surface area contributed by atoms with Crippen LogP contribution in [-0.4, -0.2) is 23.0 Å². The number of rotatable bonds is 6. The zero-order valence-corrected chi connectivity index (χ0v) is 12.4. The first kappa shape index (κ1) is 15.3. The lowest BCUT2D eigenvalue weighted by Crippen LogP contribution is -2.38. The van der Waals surface area contributed by atoms with Gasteiger partial charge in [0.05, 0.1) is 0 Å². The van der Waals surface area contributed by atoms with Crippen LogP contribution in [0.3, 0.4) is 0 Å². The minimum absolute atomic E-state index is 0.198. The van der Waals surface area contributed by atoms with E-state index in [1.165, 1.54) is 9.36 Å². The smallest absolute Gasteiger partial charge is 0.290 e. The lowest BCUT2D eigenvalue weighted by Gasteiger charge is -2.15. The minimum Gasteiger partial charge on any atom is -0.382 e. The highest BCUT2D eigenvalue weighted by Crippen LogP contribution is 2.11. The molecule has 0 bridgehead atoms. The second-order valence-corrected chi connectivity index (χ2v) is 5.12. The van der Waals surface area contributed by atoms with Gasteiger partial charge in [-0.05, 0) is 18.8 Å². The van der Waals surface area contributed by atoms with Gasteiger partial charge < -0.3 is 10.6 Å². The molecule has 0 amide bonds. The van der Waals surface area contributed by atoms with E-state index in [4.69, 9.17) is 0 Å². The van der Waals surface area contributed by atoms with Gasteiger partial charge in [-0.1, -0.05) is 13.8 Å². The lowest BCUT2D eigenvalue weighted by atomic mass is 10.1. The van der Waals surface area contributed by atoms with Crippen LogP contribution in [0.25, 0.3) is 0 Å². The lowest BCUT2D eigenvalue weighted by molar-refractivity contribution is 0.535. The molecular formula is C13H24N4O2. The molecule has 0 aliphatic heterocycles. The number of aromatic nitrogens is 2. The SMILES string of the molecule is CNc1c(NCCCC(C)C)c(=O)n(C)n(C)c1=O. The maximum Gasteiger partial charge on any atom is 0.290 e. The van der Waals surface area contributed by atoms with Crippen LogP contribution >= 0.6 is 0 Å². The molecule has 0 saturated carbocycles. The summed E-state index contributed by atoms with van der Waals surface area (Å²) in [6.07, 6.45) is 2.06. The second kappa shape index (κ2) is 6.45. The number of hydrogen-bond acceptors (Lipinski definition) is 4. The van der Waals surface area contributed by atoms with E-state index in [0.29, 0.717) is 23.8 Å². The van der Waals surface area contributed by atoms with E-state index >= 15 is 0 Å². The Hall–Kier alpha value is -1.72. The molecule has 0 saturated heterocycles. The molecule has 6 nitrogen and oxygen atoms in total. The molecular weight excluding hydrogens is 244 g/mol. The Labute approximate surface area is 113 Å². The van der Waals surface area contributed by atoms with Crippen molar-refractivity contribution in [1.29, 1.82) is 0 Å². The van der Waals surface area contributed by atoms with Gasteiger partial charge >= 0.3 is 0 Å². The number of nitrogens with zero attached hydrogens (tertiary/aromatic N) is 2. The highest BCUT2D eigenvalue weighted by Gasteiger charge is 2.14. The third kappa shape index (κ3) is 3.39. The minimum atomic E-state index is -0.212. The molecule has 0 radical (unpaired) electrons. The average molecular weight is 268 g/mol. The van der Waals surface area contributed by atoms with Crippen LogP contribution in [0.15, 0.2) is 9.59 Å². The standard InChI is InChI=1S/C13H24N4O2/c1-9(2)7-6-8-15-11-10(14-3)12(18)16(4)17(5)13(11)19/h9,14-15H,6-8H2,1-5H3. The molecule has 19 heavy (non-hydrogen) atoms. The van der Waals surface area contributed by atoms with Crippen molar-refractivity contribution in [3.8, 4) is 0 Å². The predicted molar refractivity (Wildman–Crippen MR) is 79.0 cm³/mol. The summed E-state index contributed by atoms with van der Waals surface area (Å²) in [7, 11) is 4.81. The predicted octanol–water partition coefficient (Wildman–Crippen LogP) is 0.974. The number of nitrogens with one attached hydrogen (secondary N) is 2. The van der Waals surface area contributed by atoms with Crippen LogP contribution in [0, 0.1) is 5.92 Å². The molecule has 0 spiro atoms. The molecule has 0 fully saturated rings. The van der Waals surface area contributed by atoms with E-state index in [1.54, 1.807) is 21.1 Å². The van der Waals surface area contributed by atoms with E-state index in [0.717, 1.165) is 12.8 Å². The normalized spacial score (nSPS) is 10.8. The largest absolute Gasteiger partial charge is 0.382 e. The summed E-state index contributed by atoms with van der Waals surface area (Å²) in [5.41, 5.74) is 0.277. The summed E-state index contributed by atoms with van der Waals surface area (Å²) in [4.78, 5) is 24.2. The zero-order chi connectivity index (χ0) is 14.6. The van der Waals surface area contributed by atoms with Crippen molar-refractivity contribution < 1.29 is 0 Å². The van der Waals surface area contributed by atoms with Gasteiger partial charge in [0, 0.05) is 27.7 Å². The second-order valence-electron chi connectivity index (χ2n) is 5.12. The van der Waals surface area contributed by atoms with E-state index in [1.807, 2.05) is 0 Å². The Bertz CT molecular complexity index is 543. The average Bonchev–Trinajstić information content (AvgIpc) is 2.37. The van der Waals surface area contributed by atoms with Gasteiger partial charge in [0.25, 0.3) is 11.1 Å². The van der Waals surface area contributed by atoms with Crippen molar-refractivity contribution in [2.24, 2.45) is 20.0 Å². The monoisotopic (exact) mass is 268 g/mol. The molecule has 6 heteroatoms. The first-order valence-corrected chi connectivity index (χ1v) is 6.62. The van der Waals surface area contributed by atoms with Crippen LogP contribution in [-0.2, 0) is 14.1 Å². The third-order valence-corrected chi connectivity index (χ3v) is 3.23. The summed E-state index contributed by atoms with van der Waals surface area (Å²) in [6.45, 7) is 5.02. The van der Waals surface area contributed by atoms with Crippen molar-refractivity contribution in [1.82, 2.24) is 9.36 Å². The quantitative estimate of drug-likeness (QED) is 0.755. The van der Waals surface area contributed by atoms with E-state index in [2.05, 4.69) is 24.5 Å². The molecule has 0 aromatic carbocycles. The fourth-order valence-corrected chi connectivity index (χ4v) is 1.93. The van der Waals surface area contributed by atoms with Gasteiger partial charge in [-0.2, -0.15) is 0 Å². The fraction of sp³-hybridized carbons (Fsp3) is 0.692. The first-order chi connectivity index (χ1) is 8.90. The maximum absolute atomic E-state index is 12.2. The van der Waals surface area contributed by atoms with Crippen LogP contribution in [0.1, 0.15) is 26.7 Å². The van der Waals surface area contributed by atoms with Gasteiger partial charge in [0.15, 0.2) is 0 Å². The highest BCUT2D eigenvalue weighted by atomic mass is 16.2. The van der Waals surface area contributed by atoms with Gasteiger partial charge in [0.2, 0.25) is 0 Å². The molecule has 1 aromatic heterocycles. The van der Waals surface area contributed by atoms with Crippen molar-refractivity contribution in [2.75, 3.05) is 24.2 Å². The van der Waals surface area contributed by atoms with Crippen LogP contribution in [0.4, 0.5) is 11.4 Å². The van der Waals surface area contributed by atoms with Gasteiger partial charge in [0.1, 0.15) is 11.4 Å². The Balaban J connectivity index is 3.00. The maximum atomic E-state index is 12.2. The van der Waals surface area contributed by atoms with Crippen LogP contribution < -0.4 is 21.8 Å².